The molecule has 1 fully saturated rings. The zero-order valence-electron chi connectivity index (χ0n) is 7.70. The third kappa shape index (κ3) is 1.76. The van der Waals surface area contributed by atoms with Gasteiger partial charge < -0.3 is 5.73 Å². The summed E-state index contributed by atoms with van der Waals surface area (Å²) in [6, 6.07) is -0.165. The first-order valence-electron chi connectivity index (χ1n) is 4.45. The number of hydrogen-bond donors (Lipinski definition) is 1. The molecular weight excluding hydrogens is 208 g/mol. The lowest BCUT2D eigenvalue weighted by Crippen LogP contribution is -2.33. The third-order valence-electron chi connectivity index (χ3n) is 2.29. The SMILES string of the molecule is CC(N)c1nnc(C2CC(F)(F)C2)s1. The van der Waals surface area contributed by atoms with Crippen LogP contribution in [-0.2, 0) is 0 Å². The molecule has 6 heteroatoms. The monoisotopic (exact) mass is 219 g/mol. The normalized spacial score (nSPS) is 23.1. The van der Waals surface area contributed by atoms with Crippen molar-refractivity contribution in [3.05, 3.63) is 10.0 Å². The number of nitrogens with two attached hydrogens (primary N) is 1. The number of halogens is 2. The van der Waals surface area contributed by atoms with Gasteiger partial charge in [0.25, 0.3) is 0 Å². The largest absolute Gasteiger partial charge is 0.322 e. The summed E-state index contributed by atoms with van der Waals surface area (Å²) in [5, 5.41) is 9.16. The Balaban J connectivity index is 2.05. The van der Waals surface area contributed by atoms with Crippen LogP contribution in [0.4, 0.5) is 8.78 Å². The van der Waals surface area contributed by atoms with E-state index in [0.717, 1.165) is 5.01 Å². The van der Waals surface area contributed by atoms with Crippen molar-refractivity contribution >= 4 is 11.3 Å². The second-order valence-corrected chi connectivity index (χ2v) is 4.77. The first-order chi connectivity index (χ1) is 6.48. The van der Waals surface area contributed by atoms with Crippen molar-refractivity contribution in [3.63, 3.8) is 0 Å². The maximum absolute atomic E-state index is 12.6. The van der Waals surface area contributed by atoms with Crippen LogP contribution in [0, 0.1) is 0 Å². The molecule has 14 heavy (non-hydrogen) atoms. The summed E-state index contributed by atoms with van der Waals surface area (Å²) in [6.07, 6.45) is -0.193. The molecule has 2 rings (SSSR count). The first kappa shape index (κ1) is 9.92. The van der Waals surface area contributed by atoms with E-state index < -0.39 is 5.92 Å². The summed E-state index contributed by atoms with van der Waals surface area (Å²) in [7, 11) is 0. The second-order valence-electron chi connectivity index (χ2n) is 3.73. The highest BCUT2D eigenvalue weighted by Gasteiger charge is 2.47. The summed E-state index contributed by atoms with van der Waals surface area (Å²) >= 11 is 1.35. The van der Waals surface area contributed by atoms with E-state index in [-0.39, 0.29) is 24.8 Å². The van der Waals surface area contributed by atoms with Crippen LogP contribution in [0.15, 0.2) is 0 Å². The van der Waals surface area contributed by atoms with E-state index in [4.69, 9.17) is 5.73 Å². The van der Waals surface area contributed by atoms with E-state index in [0.29, 0.717) is 5.01 Å². The summed E-state index contributed by atoms with van der Waals surface area (Å²) in [6.45, 7) is 1.81. The average molecular weight is 219 g/mol. The van der Waals surface area contributed by atoms with Crippen LogP contribution in [-0.4, -0.2) is 16.1 Å². The highest BCUT2D eigenvalue weighted by atomic mass is 32.1. The molecule has 0 aromatic carbocycles. The maximum Gasteiger partial charge on any atom is 0.249 e. The van der Waals surface area contributed by atoms with Crippen molar-refractivity contribution in [1.29, 1.82) is 0 Å². The Hall–Kier alpha value is -0.620. The summed E-state index contributed by atoms with van der Waals surface area (Å²) in [4.78, 5) is 0. The fourth-order valence-corrected chi connectivity index (χ4v) is 2.33. The molecule has 78 valence electrons. The van der Waals surface area contributed by atoms with E-state index >= 15 is 0 Å². The summed E-state index contributed by atoms with van der Waals surface area (Å²) in [5.41, 5.74) is 5.60. The van der Waals surface area contributed by atoms with Crippen LogP contribution in [0.1, 0.15) is 41.7 Å². The van der Waals surface area contributed by atoms with Crippen molar-refractivity contribution in [1.82, 2.24) is 10.2 Å². The standard InChI is InChI=1S/C8H11F2N3S/c1-4(11)6-12-13-7(14-6)5-2-8(9,10)3-5/h4-5H,2-3,11H2,1H3. The van der Waals surface area contributed by atoms with Gasteiger partial charge in [0.2, 0.25) is 5.92 Å². The molecule has 3 nitrogen and oxygen atoms in total. The molecule has 0 bridgehead atoms. The van der Waals surface area contributed by atoms with Crippen LogP contribution >= 0.6 is 11.3 Å². The highest BCUT2D eigenvalue weighted by molar-refractivity contribution is 7.11. The topological polar surface area (TPSA) is 51.8 Å². The van der Waals surface area contributed by atoms with Gasteiger partial charge in [0.1, 0.15) is 10.0 Å². The fourth-order valence-electron chi connectivity index (χ4n) is 1.43. The smallest absolute Gasteiger partial charge is 0.249 e. The molecule has 1 atom stereocenters. The number of alkyl halides is 2. The Bertz CT molecular complexity index is 329. The zero-order valence-corrected chi connectivity index (χ0v) is 8.52. The minimum Gasteiger partial charge on any atom is -0.322 e. The van der Waals surface area contributed by atoms with E-state index in [2.05, 4.69) is 10.2 Å². The molecule has 0 amide bonds. The van der Waals surface area contributed by atoms with Crippen LogP contribution in [0.3, 0.4) is 0 Å². The summed E-state index contributed by atoms with van der Waals surface area (Å²) < 4.78 is 25.1. The molecule has 2 N–H and O–H groups in total. The number of aromatic nitrogens is 2. The Morgan fingerprint density at radius 3 is 2.57 bits per heavy atom. The predicted octanol–water partition coefficient (Wildman–Crippen LogP) is 2.07. The van der Waals surface area contributed by atoms with E-state index in [1.807, 2.05) is 0 Å². The maximum atomic E-state index is 12.6. The van der Waals surface area contributed by atoms with Crippen molar-refractivity contribution in [2.75, 3.05) is 0 Å². The minimum atomic E-state index is -2.50. The first-order valence-corrected chi connectivity index (χ1v) is 5.26. The van der Waals surface area contributed by atoms with Gasteiger partial charge >= 0.3 is 0 Å². The lowest BCUT2D eigenvalue weighted by atomic mass is 9.82. The average Bonchev–Trinajstić information content (AvgIpc) is 2.47. The van der Waals surface area contributed by atoms with Gasteiger partial charge in [-0.2, -0.15) is 0 Å². The Morgan fingerprint density at radius 1 is 1.50 bits per heavy atom. The fraction of sp³-hybridized carbons (Fsp3) is 0.750. The van der Waals surface area contributed by atoms with Gasteiger partial charge in [0.15, 0.2) is 0 Å². The van der Waals surface area contributed by atoms with Crippen molar-refractivity contribution < 1.29 is 8.78 Å². The lowest BCUT2D eigenvalue weighted by molar-refractivity contribution is -0.0868. The molecule has 1 aromatic rings. The van der Waals surface area contributed by atoms with Gasteiger partial charge in [-0.15, -0.1) is 10.2 Å². The van der Waals surface area contributed by atoms with Crippen LogP contribution in [0.5, 0.6) is 0 Å². The van der Waals surface area contributed by atoms with E-state index in [1.54, 1.807) is 6.92 Å². The van der Waals surface area contributed by atoms with E-state index in [1.165, 1.54) is 11.3 Å². The van der Waals surface area contributed by atoms with Gasteiger partial charge in [-0.3, -0.25) is 0 Å². The molecule has 0 radical (unpaired) electrons. The molecule has 1 saturated carbocycles. The lowest BCUT2D eigenvalue weighted by Gasteiger charge is -2.32. The van der Waals surface area contributed by atoms with Gasteiger partial charge in [-0.25, -0.2) is 8.78 Å². The van der Waals surface area contributed by atoms with Crippen molar-refractivity contribution in [2.24, 2.45) is 5.73 Å². The molecular formula is C8H11F2N3S. The van der Waals surface area contributed by atoms with E-state index in [9.17, 15) is 8.78 Å². The number of rotatable bonds is 2. The molecule has 1 aromatic heterocycles. The van der Waals surface area contributed by atoms with Gasteiger partial charge in [0, 0.05) is 18.8 Å². The molecule has 0 spiro atoms. The molecule has 1 heterocycles. The Morgan fingerprint density at radius 2 is 2.14 bits per heavy atom. The predicted molar refractivity (Wildman–Crippen MR) is 49.4 cm³/mol. The second kappa shape index (κ2) is 3.20. The number of nitrogens with zero attached hydrogens (tertiary/aromatic N) is 2. The zero-order chi connectivity index (χ0) is 10.3. The summed E-state index contributed by atoms with van der Waals surface area (Å²) in [5.74, 6) is -2.61. The van der Waals surface area contributed by atoms with Gasteiger partial charge in [0.05, 0.1) is 6.04 Å². The van der Waals surface area contributed by atoms with Gasteiger partial charge in [-0.05, 0) is 6.92 Å². The number of hydrogen-bond acceptors (Lipinski definition) is 4. The van der Waals surface area contributed by atoms with Gasteiger partial charge in [-0.1, -0.05) is 11.3 Å². The third-order valence-corrected chi connectivity index (χ3v) is 3.57. The molecule has 1 aliphatic rings. The molecule has 1 unspecified atom stereocenters. The van der Waals surface area contributed by atoms with Crippen LogP contribution in [0.2, 0.25) is 0 Å². The molecule has 1 aliphatic carbocycles. The van der Waals surface area contributed by atoms with Crippen molar-refractivity contribution in [3.8, 4) is 0 Å². The Kier molecular flexibility index (Phi) is 2.27. The highest BCUT2D eigenvalue weighted by Crippen LogP contribution is 2.48. The quantitative estimate of drug-likeness (QED) is 0.828. The van der Waals surface area contributed by atoms with Crippen molar-refractivity contribution in [2.45, 2.75) is 37.6 Å². The Labute approximate surface area is 84.3 Å². The van der Waals surface area contributed by atoms with Crippen LogP contribution in [0.25, 0.3) is 0 Å². The molecule has 0 saturated heterocycles. The minimum absolute atomic E-state index is 0.0966. The van der Waals surface area contributed by atoms with Crippen LogP contribution < -0.4 is 5.73 Å². The molecule has 0 aliphatic heterocycles.